The summed E-state index contributed by atoms with van der Waals surface area (Å²) in [4.78, 5) is 185. The predicted octanol–water partition coefficient (Wildman–Crippen LogP) is 7.77. The number of hydrogen-bond acceptors (Lipinski definition) is 14. The molecule has 0 saturated carbocycles. The van der Waals surface area contributed by atoms with E-state index in [1.165, 1.54) is 48.6 Å². The summed E-state index contributed by atoms with van der Waals surface area (Å²) < 4.78 is 10.4. The van der Waals surface area contributed by atoms with Crippen LogP contribution in [0.15, 0.2) is 164 Å². The third-order valence-corrected chi connectivity index (χ3v) is 24.9. The summed E-state index contributed by atoms with van der Waals surface area (Å²) in [7, 11) is 9.68. The number of nitrogens with zero attached hydrogens (tertiary/aromatic N) is 8. The van der Waals surface area contributed by atoms with E-state index in [-0.39, 0.29) is 115 Å². The molecule has 113 heavy (non-hydrogen) atoms. The second kappa shape index (κ2) is 27.0. The lowest BCUT2D eigenvalue weighted by atomic mass is 9.76. The van der Waals surface area contributed by atoms with Crippen molar-refractivity contribution in [3.8, 4) is 5.75 Å². The highest BCUT2D eigenvalue weighted by Gasteiger charge is 2.69. The SMILES string of the molecule is CN1CC(=O)N2[C@@H](C3CC=CCC3)c3[nH]c4ccccc4c3C[C@H]2C1=O.CN1CC(=O)N2[C@H](Cc3c([nH]c4ccccc34)C23C(=O)c2ccccc2C3=O)C1=O.COC/C=C/[C@@H]1c2[nH]c3ccccc3c2C[C@@H]2C(=O)N(C)CC(=O)N21.COc1ccc2c(c1)C(=O)C1(C2=O)c2[nH]c3ccccc3c2C[C@@H]2C(=O)N(C)CC(=O)N21. The molecule has 4 saturated heterocycles. The van der Waals surface area contributed by atoms with Gasteiger partial charge in [0.2, 0.25) is 81.5 Å². The Balaban J connectivity index is 0.000000105. The molecule has 0 bridgehead atoms. The minimum Gasteiger partial charge on any atom is -0.497 e. The van der Waals surface area contributed by atoms with Crippen molar-refractivity contribution in [2.45, 2.75) is 92.3 Å². The van der Waals surface area contributed by atoms with Gasteiger partial charge in [-0.2, -0.15) is 0 Å². The van der Waals surface area contributed by atoms with Crippen LogP contribution in [0.25, 0.3) is 43.6 Å². The molecule has 12 heterocycles. The molecule has 11 aliphatic rings. The summed E-state index contributed by atoms with van der Waals surface area (Å²) in [5.74, 6) is -2.39. The first kappa shape index (κ1) is 71.7. The molecule has 8 amide bonds. The fourth-order valence-corrected chi connectivity index (χ4v) is 19.8. The third kappa shape index (κ3) is 10.5. The number of hydrogen-bond donors (Lipinski definition) is 4. The number of Topliss-reactive ketones (excluding diaryl/α,β-unsaturated/α-hetero) is 4. The second-order valence-corrected chi connectivity index (χ2v) is 31.0. The molecule has 2 unspecified atom stereocenters. The number of likely N-dealkylation sites (N-methyl/N-ethyl adjacent to an activating group) is 4. The van der Waals surface area contributed by atoms with E-state index in [1.54, 1.807) is 81.5 Å². The number of aromatic nitrogens is 4. The van der Waals surface area contributed by atoms with Crippen LogP contribution >= 0.6 is 0 Å². The quantitative estimate of drug-likeness (QED) is 0.0945. The molecule has 21 rings (SSSR count). The number of carbonyl (C=O) groups excluding carboxylic acids is 12. The zero-order valence-electron chi connectivity index (χ0n) is 62.9. The predicted molar refractivity (Wildman–Crippen MR) is 414 cm³/mol. The van der Waals surface area contributed by atoms with E-state index in [9.17, 15) is 57.5 Å². The maximum Gasteiger partial charge on any atom is 0.245 e. The number of fused-ring (bicyclic) bond motifs is 22. The number of ketones is 4. The van der Waals surface area contributed by atoms with Crippen LogP contribution in [-0.4, -0.2) is 229 Å². The van der Waals surface area contributed by atoms with Crippen molar-refractivity contribution in [2.24, 2.45) is 5.92 Å². The zero-order valence-corrected chi connectivity index (χ0v) is 62.9. The van der Waals surface area contributed by atoms with Crippen LogP contribution in [0.4, 0.5) is 0 Å². The number of nitrogens with one attached hydrogen (secondary N) is 4. The van der Waals surface area contributed by atoms with Crippen LogP contribution in [-0.2, 0) is 79.9 Å². The van der Waals surface area contributed by atoms with Gasteiger partial charge in [-0.15, -0.1) is 0 Å². The van der Waals surface area contributed by atoms with Gasteiger partial charge in [0, 0.05) is 138 Å². The lowest BCUT2D eigenvalue weighted by Crippen LogP contribution is -2.71. The molecule has 4 fully saturated rings. The largest absolute Gasteiger partial charge is 0.497 e. The Hall–Kier alpha value is -12.8. The summed E-state index contributed by atoms with van der Waals surface area (Å²) in [6, 6.07) is 39.7. The number of methoxy groups -OCH3 is 2. The number of ether oxygens (including phenoxy) is 2. The van der Waals surface area contributed by atoms with Crippen molar-refractivity contribution in [3.63, 3.8) is 0 Å². The van der Waals surface area contributed by atoms with Crippen LogP contribution < -0.4 is 4.74 Å². The van der Waals surface area contributed by atoms with Crippen LogP contribution in [0.5, 0.6) is 5.75 Å². The molecule has 2 spiro atoms. The normalized spacial score (nSPS) is 24.4. The lowest BCUT2D eigenvalue weighted by molar-refractivity contribution is -0.160. The number of allylic oxidation sites excluding steroid dienone is 2. The van der Waals surface area contributed by atoms with Crippen molar-refractivity contribution in [1.29, 1.82) is 0 Å². The molecular formula is C87H80N12O14. The summed E-state index contributed by atoms with van der Waals surface area (Å²) in [5, 5.41) is 4.00. The number of benzene rings is 6. The van der Waals surface area contributed by atoms with E-state index in [0.29, 0.717) is 42.5 Å². The van der Waals surface area contributed by atoms with Gasteiger partial charge in [-0.1, -0.05) is 121 Å². The van der Waals surface area contributed by atoms with Gasteiger partial charge in [0.25, 0.3) is 0 Å². The molecule has 572 valence electrons. The third-order valence-electron chi connectivity index (χ3n) is 24.9. The Labute approximate surface area is 647 Å². The molecule has 4 aromatic heterocycles. The minimum absolute atomic E-state index is 0.000623. The maximum absolute atomic E-state index is 14.1. The monoisotopic (exact) mass is 1520 g/mol. The molecule has 4 N–H and O–H groups in total. The second-order valence-electron chi connectivity index (χ2n) is 31.0. The molecule has 8 atom stereocenters. The number of carbonyl (C=O) groups is 12. The number of rotatable bonds is 5. The standard InChI is InChI=1S/C24H19N3O5.C23H17N3O4.C21H23N3O2.C19H21N3O3/c1-26-11-19(28)27-18(23(26)31)10-15-13-5-3-4-6-17(13)25-20(15)24(27)21(29)14-8-7-12(32-2)9-16(14)22(24)30;1-25-11-18(27)26-17(22(25)30)10-15-12-6-4-5-9-16(12)24-19(15)23(26)20(28)13-7-2-3-8-14(13)21(23)29;1-23-12-18(25)24-17(21(23)26)11-15-14-9-5-6-10-16(14)22-19(15)20(24)13-7-3-2-4-8-13;1-21-11-17(23)22-15(8-5-9-25-2)18-13(10-16(22)19(21)24)12-6-3-4-7-14(12)20-18/h3-9,18,25H,10-11H2,1-2H3;2-9,17,24H,10-11H2,1H3;2-3,5-6,9-10,13,17,20,22H,4,7-8,11-12H2,1H3;3-8,15-16,20H,9-11H2,1-2H3/b;;;8-5+/t18-,24?;17-;13?,17-,20-;15-,16-/m1101/s1. The smallest absolute Gasteiger partial charge is 0.245 e. The highest BCUT2D eigenvalue weighted by atomic mass is 16.5. The van der Waals surface area contributed by atoms with E-state index in [2.05, 4.69) is 50.3 Å². The topological polar surface area (TPSA) is 312 Å². The molecule has 0 radical (unpaired) electrons. The Bertz CT molecular complexity index is 5880. The highest BCUT2D eigenvalue weighted by molar-refractivity contribution is 6.36. The Morgan fingerprint density at radius 3 is 1.30 bits per heavy atom. The van der Waals surface area contributed by atoms with E-state index in [1.807, 2.05) is 95.9 Å². The molecule has 8 aliphatic heterocycles. The van der Waals surface area contributed by atoms with Gasteiger partial charge in [-0.3, -0.25) is 57.5 Å². The first-order valence-electron chi connectivity index (χ1n) is 38.0. The van der Waals surface area contributed by atoms with Crippen molar-refractivity contribution < 1.29 is 67.0 Å². The molecule has 26 heteroatoms. The van der Waals surface area contributed by atoms with E-state index in [0.717, 1.165) is 85.6 Å². The van der Waals surface area contributed by atoms with Crippen molar-refractivity contribution in [1.82, 2.24) is 59.1 Å². The zero-order chi connectivity index (χ0) is 78.5. The number of piperazine rings is 4. The number of H-pyrrole nitrogens is 4. The summed E-state index contributed by atoms with van der Waals surface area (Å²) in [6.45, 7) is 0.423. The summed E-state index contributed by atoms with van der Waals surface area (Å²) >= 11 is 0. The van der Waals surface area contributed by atoms with Gasteiger partial charge in [-0.05, 0) is 89.9 Å². The number of para-hydroxylation sites is 4. The first-order chi connectivity index (χ1) is 54.6. The Morgan fingerprint density at radius 1 is 0.425 bits per heavy atom. The highest BCUT2D eigenvalue weighted by Crippen LogP contribution is 2.54. The van der Waals surface area contributed by atoms with E-state index < -0.39 is 64.2 Å². The van der Waals surface area contributed by atoms with Crippen molar-refractivity contribution in [3.05, 3.63) is 231 Å². The number of amides is 8. The van der Waals surface area contributed by atoms with Crippen LogP contribution in [0.1, 0.15) is 118 Å². The van der Waals surface area contributed by atoms with Crippen LogP contribution in [0, 0.1) is 5.92 Å². The van der Waals surface area contributed by atoms with Gasteiger partial charge in [-0.25, -0.2) is 0 Å². The van der Waals surface area contributed by atoms with E-state index in [4.69, 9.17) is 9.47 Å². The Kier molecular flexibility index (Phi) is 17.1. The van der Waals surface area contributed by atoms with Crippen molar-refractivity contribution in [2.75, 3.05) is 75.2 Å². The molecule has 3 aliphatic carbocycles. The molecule has 10 aromatic rings. The van der Waals surface area contributed by atoms with Gasteiger partial charge in [0.05, 0.1) is 63.4 Å². The lowest BCUT2D eigenvalue weighted by Gasteiger charge is -2.49. The average molecular weight is 1520 g/mol. The summed E-state index contributed by atoms with van der Waals surface area (Å²) in [6.07, 6.45) is 13.0. The minimum atomic E-state index is -1.93. The maximum atomic E-state index is 14.1. The van der Waals surface area contributed by atoms with E-state index >= 15 is 0 Å². The fourth-order valence-electron chi connectivity index (χ4n) is 19.8. The molecule has 26 nitrogen and oxygen atoms in total. The fraction of sp³-hybridized carbons (Fsp3) is 0.310. The van der Waals surface area contributed by atoms with Crippen molar-refractivity contribution >= 4 is 114 Å². The van der Waals surface area contributed by atoms with Gasteiger partial charge in [0.1, 0.15) is 29.9 Å². The van der Waals surface area contributed by atoms with Crippen LogP contribution in [0.3, 0.4) is 0 Å². The molecule has 6 aromatic carbocycles. The van der Waals surface area contributed by atoms with Gasteiger partial charge >= 0.3 is 0 Å². The average Bonchev–Trinajstić information content (AvgIpc) is 1.54. The van der Waals surface area contributed by atoms with Crippen LogP contribution in [0.2, 0.25) is 0 Å². The Morgan fingerprint density at radius 2 is 0.823 bits per heavy atom. The molecular weight excluding hydrogens is 1440 g/mol. The summed E-state index contributed by atoms with van der Waals surface area (Å²) in [5.41, 5.74) is 7.59. The number of aromatic amines is 4. The van der Waals surface area contributed by atoms with Gasteiger partial charge < -0.3 is 68.6 Å². The first-order valence-corrected chi connectivity index (χ1v) is 38.0. The van der Waals surface area contributed by atoms with Gasteiger partial charge in [0.15, 0.2) is 0 Å².